The molecule has 2 heterocycles. The van der Waals surface area contributed by atoms with Crippen molar-refractivity contribution in [3.8, 4) is 0 Å². The summed E-state index contributed by atoms with van der Waals surface area (Å²) in [5.41, 5.74) is 2.03. The van der Waals surface area contributed by atoms with E-state index in [4.69, 9.17) is 4.74 Å². The van der Waals surface area contributed by atoms with Crippen LogP contribution >= 0.6 is 11.3 Å². The van der Waals surface area contributed by atoms with Crippen LogP contribution in [0.3, 0.4) is 0 Å². The highest BCUT2D eigenvalue weighted by atomic mass is 32.1. The van der Waals surface area contributed by atoms with Crippen molar-refractivity contribution in [3.05, 3.63) is 46.7 Å². The van der Waals surface area contributed by atoms with Gasteiger partial charge in [-0.25, -0.2) is 0 Å². The van der Waals surface area contributed by atoms with Gasteiger partial charge in [0.2, 0.25) is 5.91 Å². The number of nitrogens with one attached hydrogen (secondary N) is 1. The second-order valence-corrected chi connectivity index (χ2v) is 7.35. The SMILES string of the molecule is CC1COCC(C)N1c1ccc(NC(=O)CCc2cccs2)cc1. The molecule has 0 aliphatic carbocycles. The van der Waals surface area contributed by atoms with Crippen LogP contribution in [0.4, 0.5) is 11.4 Å². The van der Waals surface area contributed by atoms with Crippen molar-refractivity contribution in [2.75, 3.05) is 23.4 Å². The Kier molecular flexibility index (Phi) is 5.53. The number of amides is 1. The van der Waals surface area contributed by atoms with Crippen LogP contribution in [0.15, 0.2) is 41.8 Å². The van der Waals surface area contributed by atoms with Crippen LogP contribution in [0.1, 0.15) is 25.1 Å². The van der Waals surface area contributed by atoms with Crippen LogP contribution in [-0.2, 0) is 16.0 Å². The number of hydrogen-bond donors (Lipinski definition) is 1. The van der Waals surface area contributed by atoms with E-state index in [0.717, 1.165) is 25.3 Å². The Labute approximate surface area is 147 Å². The minimum absolute atomic E-state index is 0.0595. The number of morpholine rings is 1. The molecule has 24 heavy (non-hydrogen) atoms. The van der Waals surface area contributed by atoms with Crippen molar-refractivity contribution in [2.45, 2.75) is 38.8 Å². The van der Waals surface area contributed by atoms with Gasteiger partial charge in [0, 0.05) is 34.8 Å². The van der Waals surface area contributed by atoms with Gasteiger partial charge in [0.05, 0.1) is 13.2 Å². The van der Waals surface area contributed by atoms with E-state index < -0.39 is 0 Å². The number of rotatable bonds is 5. The molecule has 0 spiro atoms. The molecule has 1 saturated heterocycles. The molecule has 1 N–H and O–H groups in total. The summed E-state index contributed by atoms with van der Waals surface area (Å²) in [4.78, 5) is 15.7. The number of anilines is 2. The molecule has 1 aliphatic heterocycles. The first-order valence-electron chi connectivity index (χ1n) is 8.42. The summed E-state index contributed by atoms with van der Waals surface area (Å²) in [6, 6.07) is 12.9. The lowest BCUT2D eigenvalue weighted by Gasteiger charge is -2.40. The number of carbonyl (C=O) groups excluding carboxylic acids is 1. The standard InChI is InChI=1S/C19H24N2O2S/c1-14-12-23-13-15(2)21(14)17-7-5-16(6-8-17)20-19(22)10-9-18-4-3-11-24-18/h3-8,11,14-15H,9-10,12-13H2,1-2H3,(H,20,22). The van der Waals surface area contributed by atoms with Crippen molar-refractivity contribution in [1.29, 1.82) is 0 Å². The molecule has 5 heteroatoms. The van der Waals surface area contributed by atoms with Crippen LogP contribution in [0.2, 0.25) is 0 Å². The fourth-order valence-corrected chi connectivity index (χ4v) is 3.85. The third kappa shape index (κ3) is 4.16. The minimum atomic E-state index is 0.0595. The maximum absolute atomic E-state index is 12.1. The highest BCUT2D eigenvalue weighted by molar-refractivity contribution is 7.09. The van der Waals surface area contributed by atoms with E-state index in [1.807, 2.05) is 23.6 Å². The summed E-state index contributed by atoms with van der Waals surface area (Å²) in [5, 5.41) is 5.02. The molecular weight excluding hydrogens is 320 g/mol. The summed E-state index contributed by atoms with van der Waals surface area (Å²) in [5.74, 6) is 0.0595. The molecule has 4 nitrogen and oxygen atoms in total. The van der Waals surface area contributed by atoms with E-state index in [1.54, 1.807) is 11.3 Å². The van der Waals surface area contributed by atoms with E-state index >= 15 is 0 Å². The summed E-state index contributed by atoms with van der Waals surface area (Å²) < 4.78 is 5.58. The van der Waals surface area contributed by atoms with E-state index in [-0.39, 0.29) is 5.91 Å². The van der Waals surface area contributed by atoms with Crippen molar-refractivity contribution in [3.63, 3.8) is 0 Å². The van der Waals surface area contributed by atoms with Gasteiger partial charge in [0.15, 0.2) is 0 Å². The quantitative estimate of drug-likeness (QED) is 0.893. The number of ether oxygens (including phenoxy) is 1. The van der Waals surface area contributed by atoms with Crippen molar-refractivity contribution in [1.82, 2.24) is 0 Å². The van der Waals surface area contributed by atoms with Crippen LogP contribution in [0.25, 0.3) is 0 Å². The van der Waals surface area contributed by atoms with E-state index in [0.29, 0.717) is 18.5 Å². The number of benzene rings is 1. The number of hydrogen-bond acceptors (Lipinski definition) is 4. The Morgan fingerprint density at radius 3 is 2.54 bits per heavy atom. The predicted molar refractivity (Wildman–Crippen MR) is 99.9 cm³/mol. The molecule has 0 radical (unpaired) electrons. The van der Waals surface area contributed by atoms with Gasteiger partial charge in [-0.05, 0) is 56.0 Å². The molecular formula is C19H24N2O2S. The Morgan fingerprint density at radius 2 is 1.92 bits per heavy atom. The first-order valence-corrected chi connectivity index (χ1v) is 9.30. The van der Waals surface area contributed by atoms with Gasteiger partial charge in [-0.1, -0.05) is 6.07 Å². The minimum Gasteiger partial charge on any atom is -0.377 e. The first-order chi connectivity index (χ1) is 11.6. The maximum atomic E-state index is 12.1. The zero-order valence-corrected chi connectivity index (χ0v) is 15.0. The van der Waals surface area contributed by atoms with Crippen LogP contribution in [0.5, 0.6) is 0 Å². The Morgan fingerprint density at radius 1 is 1.21 bits per heavy atom. The van der Waals surface area contributed by atoms with Gasteiger partial charge in [-0.2, -0.15) is 0 Å². The largest absolute Gasteiger partial charge is 0.377 e. The zero-order valence-electron chi connectivity index (χ0n) is 14.2. The van der Waals surface area contributed by atoms with Gasteiger partial charge >= 0.3 is 0 Å². The Hall–Kier alpha value is -1.85. The number of nitrogens with zero attached hydrogens (tertiary/aromatic N) is 1. The van der Waals surface area contributed by atoms with Gasteiger partial charge in [0.1, 0.15) is 0 Å². The third-order valence-electron chi connectivity index (χ3n) is 4.30. The number of thiophene rings is 1. The average Bonchev–Trinajstić information content (AvgIpc) is 3.08. The molecule has 0 bridgehead atoms. The molecule has 1 aliphatic rings. The van der Waals surface area contributed by atoms with Crippen LogP contribution < -0.4 is 10.2 Å². The summed E-state index contributed by atoms with van der Waals surface area (Å²) in [6.45, 7) is 5.86. The van der Waals surface area contributed by atoms with Gasteiger partial charge in [-0.3, -0.25) is 4.79 Å². The maximum Gasteiger partial charge on any atom is 0.224 e. The molecule has 128 valence electrons. The highest BCUT2D eigenvalue weighted by Crippen LogP contribution is 2.25. The Balaban J connectivity index is 1.57. The molecule has 2 aromatic rings. The van der Waals surface area contributed by atoms with E-state index in [2.05, 4.69) is 42.3 Å². The lowest BCUT2D eigenvalue weighted by molar-refractivity contribution is -0.116. The normalized spacial score (nSPS) is 20.8. The van der Waals surface area contributed by atoms with Crippen molar-refractivity contribution in [2.24, 2.45) is 0 Å². The van der Waals surface area contributed by atoms with Crippen molar-refractivity contribution < 1.29 is 9.53 Å². The fraction of sp³-hybridized carbons (Fsp3) is 0.421. The second-order valence-electron chi connectivity index (χ2n) is 6.32. The lowest BCUT2D eigenvalue weighted by atomic mass is 10.1. The molecule has 1 fully saturated rings. The van der Waals surface area contributed by atoms with Crippen LogP contribution in [0, 0.1) is 0 Å². The summed E-state index contributed by atoms with van der Waals surface area (Å²) in [6.07, 6.45) is 1.31. The smallest absolute Gasteiger partial charge is 0.224 e. The number of carbonyl (C=O) groups is 1. The lowest BCUT2D eigenvalue weighted by Crippen LogP contribution is -2.49. The zero-order chi connectivity index (χ0) is 16.9. The van der Waals surface area contributed by atoms with Gasteiger partial charge in [-0.15, -0.1) is 11.3 Å². The van der Waals surface area contributed by atoms with E-state index in [1.165, 1.54) is 10.6 Å². The monoisotopic (exact) mass is 344 g/mol. The van der Waals surface area contributed by atoms with Gasteiger partial charge < -0.3 is 15.0 Å². The molecule has 1 aromatic carbocycles. The topological polar surface area (TPSA) is 41.6 Å². The molecule has 2 unspecified atom stereocenters. The Bertz CT molecular complexity index is 645. The third-order valence-corrected chi connectivity index (χ3v) is 5.23. The number of aryl methyl sites for hydroxylation is 1. The highest BCUT2D eigenvalue weighted by Gasteiger charge is 2.25. The average molecular weight is 344 g/mol. The molecule has 0 saturated carbocycles. The summed E-state index contributed by atoms with van der Waals surface area (Å²) >= 11 is 1.69. The molecule has 1 amide bonds. The molecule has 1 aromatic heterocycles. The summed E-state index contributed by atoms with van der Waals surface area (Å²) in [7, 11) is 0. The fourth-order valence-electron chi connectivity index (χ4n) is 3.15. The second kappa shape index (κ2) is 7.81. The first kappa shape index (κ1) is 17.0. The van der Waals surface area contributed by atoms with Crippen LogP contribution in [-0.4, -0.2) is 31.2 Å². The van der Waals surface area contributed by atoms with Crippen molar-refractivity contribution >= 4 is 28.6 Å². The van der Waals surface area contributed by atoms with Gasteiger partial charge in [0.25, 0.3) is 0 Å². The predicted octanol–water partition coefficient (Wildman–Crippen LogP) is 3.93. The van der Waals surface area contributed by atoms with E-state index in [9.17, 15) is 4.79 Å². The molecule has 2 atom stereocenters. The molecule has 3 rings (SSSR count).